The van der Waals surface area contributed by atoms with E-state index in [9.17, 15) is 4.39 Å². The van der Waals surface area contributed by atoms with Gasteiger partial charge in [0, 0.05) is 17.8 Å². The number of fused-ring (bicyclic) bond motifs is 1. The summed E-state index contributed by atoms with van der Waals surface area (Å²) in [6, 6.07) is 17.7. The van der Waals surface area contributed by atoms with Gasteiger partial charge in [-0.15, -0.1) is 0 Å². The SMILES string of the molecule is COc1ccc(-c2ccn3nccc(Oc4ccccc4F)c23)cc1. The largest absolute Gasteiger partial charge is 0.497 e. The van der Waals surface area contributed by atoms with Crippen molar-refractivity contribution in [2.75, 3.05) is 7.11 Å². The molecule has 2 heterocycles. The van der Waals surface area contributed by atoms with E-state index >= 15 is 0 Å². The van der Waals surface area contributed by atoms with Crippen molar-refractivity contribution >= 4 is 5.52 Å². The molecule has 0 atom stereocenters. The Balaban J connectivity index is 1.82. The van der Waals surface area contributed by atoms with E-state index < -0.39 is 5.82 Å². The third kappa shape index (κ3) is 2.80. The van der Waals surface area contributed by atoms with Crippen LogP contribution in [0.25, 0.3) is 16.6 Å². The summed E-state index contributed by atoms with van der Waals surface area (Å²) in [6.45, 7) is 0. The van der Waals surface area contributed by atoms with Crippen LogP contribution < -0.4 is 9.47 Å². The molecule has 124 valence electrons. The third-order valence-corrected chi connectivity index (χ3v) is 3.97. The molecule has 2 aromatic heterocycles. The lowest BCUT2D eigenvalue weighted by atomic mass is 10.1. The first kappa shape index (κ1) is 15.2. The van der Waals surface area contributed by atoms with Crippen LogP contribution >= 0.6 is 0 Å². The Bertz CT molecular complexity index is 1030. The second-order valence-corrected chi connectivity index (χ2v) is 5.48. The van der Waals surface area contributed by atoms with Crippen LogP contribution in [-0.2, 0) is 0 Å². The molecule has 0 radical (unpaired) electrons. The second kappa shape index (κ2) is 6.28. The minimum Gasteiger partial charge on any atom is -0.497 e. The number of halogens is 1. The normalized spacial score (nSPS) is 10.8. The fraction of sp³-hybridized carbons (Fsp3) is 0.0500. The summed E-state index contributed by atoms with van der Waals surface area (Å²) in [5, 5.41) is 4.30. The highest BCUT2D eigenvalue weighted by Crippen LogP contribution is 2.35. The van der Waals surface area contributed by atoms with Crippen molar-refractivity contribution in [3.8, 4) is 28.4 Å². The van der Waals surface area contributed by atoms with Crippen molar-refractivity contribution in [1.82, 2.24) is 9.61 Å². The Kier molecular flexibility index (Phi) is 3.82. The van der Waals surface area contributed by atoms with E-state index in [0.29, 0.717) is 5.75 Å². The molecule has 4 rings (SSSR count). The van der Waals surface area contributed by atoms with Crippen LogP contribution in [0.3, 0.4) is 0 Å². The second-order valence-electron chi connectivity index (χ2n) is 5.48. The van der Waals surface area contributed by atoms with Crippen LogP contribution in [0.2, 0.25) is 0 Å². The lowest BCUT2D eigenvalue weighted by molar-refractivity contribution is 0.415. The van der Waals surface area contributed by atoms with Crippen molar-refractivity contribution in [2.24, 2.45) is 0 Å². The molecule has 0 aliphatic heterocycles. The van der Waals surface area contributed by atoms with E-state index in [1.165, 1.54) is 6.07 Å². The summed E-state index contributed by atoms with van der Waals surface area (Å²) in [7, 11) is 1.63. The van der Waals surface area contributed by atoms with Crippen molar-refractivity contribution in [1.29, 1.82) is 0 Å². The zero-order chi connectivity index (χ0) is 17.2. The van der Waals surface area contributed by atoms with E-state index in [4.69, 9.17) is 9.47 Å². The Morgan fingerprint density at radius 1 is 0.920 bits per heavy atom. The van der Waals surface area contributed by atoms with Gasteiger partial charge in [0.1, 0.15) is 11.3 Å². The van der Waals surface area contributed by atoms with Crippen LogP contribution in [-0.4, -0.2) is 16.7 Å². The van der Waals surface area contributed by atoms with Gasteiger partial charge in [-0.2, -0.15) is 5.10 Å². The highest BCUT2D eigenvalue weighted by molar-refractivity contribution is 5.85. The standard InChI is InChI=1S/C20H15FN2O2/c1-24-15-8-6-14(7-9-15)16-11-13-23-20(16)19(10-12-22-23)25-18-5-3-2-4-17(18)21/h2-13H,1H3. The highest BCUT2D eigenvalue weighted by Gasteiger charge is 2.13. The number of hydrogen-bond acceptors (Lipinski definition) is 3. The van der Waals surface area contributed by atoms with E-state index in [0.717, 1.165) is 22.4 Å². The van der Waals surface area contributed by atoms with E-state index in [1.807, 2.05) is 36.5 Å². The van der Waals surface area contributed by atoms with Gasteiger partial charge < -0.3 is 9.47 Å². The monoisotopic (exact) mass is 334 g/mol. The first-order chi connectivity index (χ1) is 12.3. The number of nitrogens with zero attached hydrogens (tertiary/aromatic N) is 2. The van der Waals surface area contributed by atoms with Gasteiger partial charge in [0.05, 0.1) is 13.3 Å². The molecule has 4 aromatic rings. The van der Waals surface area contributed by atoms with Crippen molar-refractivity contribution < 1.29 is 13.9 Å². The summed E-state index contributed by atoms with van der Waals surface area (Å²) in [5.74, 6) is 1.09. The number of para-hydroxylation sites is 1. The van der Waals surface area contributed by atoms with Gasteiger partial charge in [-0.25, -0.2) is 8.91 Å². The average Bonchev–Trinajstić information content (AvgIpc) is 3.09. The van der Waals surface area contributed by atoms with Gasteiger partial charge in [0.15, 0.2) is 17.3 Å². The van der Waals surface area contributed by atoms with E-state index in [-0.39, 0.29) is 5.75 Å². The summed E-state index contributed by atoms with van der Waals surface area (Å²) in [4.78, 5) is 0. The molecule has 0 saturated carbocycles. The molecule has 0 bridgehead atoms. The molecule has 5 heteroatoms. The number of benzene rings is 2. The number of rotatable bonds is 4. The molecule has 4 nitrogen and oxygen atoms in total. The van der Waals surface area contributed by atoms with Gasteiger partial charge in [-0.3, -0.25) is 0 Å². The molecule has 0 fully saturated rings. The summed E-state index contributed by atoms with van der Waals surface area (Å²) < 4.78 is 26.7. The van der Waals surface area contributed by atoms with Crippen LogP contribution in [0.4, 0.5) is 4.39 Å². The maximum absolute atomic E-state index is 13.9. The minimum absolute atomic E-state index is 0.178. The first-order valence-corrected chi connectivity index (χ1v) is 7.79. The van der Waals surface area contributed by atoms with Crippen LogP contribution in [0.15, 0.2) is 73.1 Å². The molecule has 0 unspecified atom stereocenters. The van der Waals surface area contributed by atoms with Gasteiger partial charge in [-0.1, -0.05) is 24.3 Å². The lowest BCUT2D eigenvalue weighted by Crippen LogP contribution is -1.95. The van der Waals surface area contributed by atoms with Gasteiger partial charge in [-0.05, 0) is 35.9 Å². The lowest BCUT2D eigenvalue weighted by Gasteiger charge is -2.10. The molecule has 0 aliphatic carbocycles. The number of methoxy groups -OCH3 is 1. The topological polar surface area (TPSA) is 35.8 Å². The quantitative estimate of drug-likeness (QED) is 0.530. The minimum atomic E-state index is -0.407. The average molecular weight is 334 g/mol. The van der Waals surface area contributed by atoms with Crippen molar-refractivity contribution in [3.63, 3.8) is 0 Å². The summed E-state index contributed by atoms with van der Waals surface area (Å²) in [5.41, 5.74) is 2.72. The fourth-order valence-electron chi connectivity index (χ4n) is 2.75. The van der Waals surface area contributed by atoms with Gasteiger partial charge >= 0.3 is 0 Å². The van der Waals surface area contributed by atoms with Crippen LogP contribution in [0.5, 0.6) is 17.2 Å². The zero-order valence-corrected chi connectivity index (χ0v) is 13.5. The third-order valence-electron chi connectivity index (χ3n) is 3.97. The predicted molar refractivity (Wildman–Crippen MR) is 93.7 cm³/mol. The van der Waals surface area contributed by atoms with Crippen molar-refractivity contribution in [3.05, 3.63) is 78.9 Å². The van der Waals surface area contributed by atoms with E-state index in [1.54, 1.807) is 42.1 Å². The Hall–Kier alpha value is -3.34. The van der Waals surface area contributed by atoms with Crippen LogP contribution in [0, 0.1) is 5.82 Å². The molecule has 0 spiro atoms. The number of hydrogen-bond donors (Lipinski definition) is 0. The first-order valence-electron chi connectivity index (χ1n) is 7.79. The fourth-order valence-corrected chi connectivity index (χ4v) is 2.75. The Morgan fingerprint density at radius 3 is 2.48 bits per heavy atom. The molecule has 25 heavy (non-hydrogen) atoms. The maximum Gasteiger partial charge on any atom is 0.165 e. The van der Waals surface area contributed by atoms with Crippen molar-refractivity contribution in [2.45, 2.75) is 0 Å². The van der Waals surface area contributed by atoms with Crippen LogP contribution in [0.1, 0.15) is 0 Å². The molecular formula is C20H15FN2O2. The molecule has 0 amide bonds. The Labute approximate surface area is 144 Å². The molecule has 0 N–H and O–H groups in total. The zero-order valence-electron chi connectivity index (χ0n) is 13.5. The van der Waals surface area contributed by atoms with Gasteiger partial charge in [0.2, 0.25) is 0 Å². The Morgan fingerprint density at radius 2 is 1.72 bits per heavy atom. The number of aromatic nitrogens is 2. The summed E-state index contributed by atoms with van der Waals surface area (Å²) >= 11 is 0. The highest BCUT2D eigenvalue weighted by atomic mass is 19.1. The smallest absolute Gasteiger partial charge is 0.165 e. The maximum atomic E-state index is 13.9. The molecule has 0 aliphatic rings. The molecule has 2 aromatic carbocycles. The van der Waals surface area contributed by atoms with Gasteiger partial charge in [0.25, 0.3) is 0 Å². The van der Waals surface area contributed by atoms with E-state index in [2.05, 4.69) is 5.10 Å². The molecular weight excluding hydrogens is 319 g/mol. The number of ether oxygens (including phenoxy) is 2. The summed E-state index contributed by atoms with van der Waals surface area (Å²) in [6.07, 6.45) is 3.48. The predicted octanol–water partition coefficient (Wildman–Crippen LogP) is 4.94. The molecule has 0 saturated heterocycles.